The van der Waals surface area contributed by atoms with Crippen molar-refractivity contribution in [1.82, 2.24) is 4.98 Å². The molecule has 30 nitrogen and oxygen atoms in total. The molecule has 8 aromatic carbocycles. The van der Waals surface area contributed by atoms with E-state index in [-0.39, 0.29) is 5.41 Å². The van der Waals surface area contributed by atoms with Crippen LogP contribution in [0.1, 0.15) is 210 Å². The second kappa shape index (κ2) is 74.2. The van der Waals surface area contributed by atoms with E-state index < -0.39 is 0 Å². The van der Waals surface area contributed by atoms with Crippen molar-refractivity contribution in [2.75, 3.05) is 72.6 Å². The Morgan fingerprint density at radius 1 is 0.350 bits per heavy atom. The van der Waals surface area contributed by atoms with Crippen LogP contribution in [0.25, 0.3) is 0 Å². The smallest absolute Gasteiger partial charge is 0.260 e. The van der Waals surface area contributed by atoms with Gasteiger partial charge in [0.25, 0.3) is 52.5 Å². The molecule has 0 radical (unpaired) electrons. The van der Waals surface area contributed by atoms with E-state index in [0.717, 1.165) is 74.4 Å². The number of aromatic nitrogens is 1. The Morgan fingerprint density at radius 3 is 1.05 bits per heavy atom. The lowest BCUT2D eigenvalue weighted by Gasteiger charge is -2.18. The number of unbranched alkanes of at least 4 members (excludes halogenated alkanes) is 6. The predicted octanol–water partition coefficient (Wildman–Crippen LogP) is 0.972. The molecule has 0 amide bonds. The summed E-state index contributed by atoms with van der Waals surface area (Å²) in [7, 11) is 1.63. The van der Waals surface area contributed by atoms with Gasteiger partial charge in [-0.2, -0.15) is 0 Å². The van der Waals surface area contributed by atoms with Crippen molar-refractivity contribution < 1.29 is 58.2 Å². The lowest BCUT2D eigenvalue weighted by molar-refractivity contribution is -0.117. The summed E-state index contributed by atoms with van der Waals surface area (Å²) in [5.41, 5.74) is 65.2. The van der Waals surface area contributed by atoms with E-state index in [0.29, 0.717) is 130 Å². The SMILES string of the molecule is CC(C)(C)c1ccc(C=NCC(N)=[NH2+])cc1.CC(C)Cc1ccc(C=NCC(N)=[NH2+])cc1.CC(C)c1ccc(C=NCC(N)=[NH2+])cc1.CCCCCCCCc1ccc(C=NCC(N)=[NH2+])cc1.CCCCc1ccc(C=NCC(N)=[NH2+])cc1.CCOc1ccccc1C=NCC(N)=[NH2+].COc1cccc(C=NCC(N)=[NH2+])c1.Cc1ccccc1C=NCC(N)=[NH2+].NC(=[NH2+])CN=Cc1cccnc1. The summed E-state index contributed by atoms with van der Waals surface area (Å²) in [5.74, 6) is 5.84. The number of benzene rings is 8. The van der Waals surface area contributed by atoms with Crippen molar-refractivity contribution in [3.63, 3.8) is 0 Å². The summed E-state index contributed by atoms with van der Waals surface area (Å²) in [6.45, 7) is 27.8. The first-order valence-electron chi connectivity index (χ1n) is 46.0. The van der Waals surface area contributed by atoms with Crippen LogP contribution in [0.15, 0.2) is 264 Å². The molecule has 0 fully saturated rings. The number of nitrogens with zero attached hydrogens (tertiary/aromatic N) is 10. The normalized spacial score (nSPS) is 10.9. The zero-order valence-corrected chi connectivity index (χ0v) is 83.2. The topological polar surface area (TPSA) is 607 Å². The lowest BCUT2D eigenvalue weighted by Crippen LogP contribution is -2.47. The molecule has 1 aromatic heterocycles. The third-order valence-electron chi connectivity index (χ3n) is 18.4. The molecule has 0 saturated heterocycles. The Hall–Kier alpha value is -15.2. The van der Waals surface area contributed by atoms with Gasteiger partial charge in [0.2, 0.25) is 0 Å². The molecule has 0 aliphatic rings. The fraction of sp³-hybridized carbons (Fsp3) is 0.336. The zero-order chi connectivity index (χ0) is 102. The fourth-order valence-electron chi connectivity index (χ4n) is 11.4. The van der Waals surface area contributed by atoms with Gasteiger partial charge < -0.3 is 9.47 Å². The number of hydrogen-bond acceptors (Lipinski definition) is 12. The summed E-state index contributed by atoms with van der Waals surface area (Å²) < 4.78 is 10.5. The molecule has 0 aliphatic heterocycles. The van der Waals surface area contributed by atoms with E-state index in [4.69, 9.17) is 110 Å². The second-order valence-electron chi connectivity index (χ2n) is 33.4. The zero-order valence-electron chi connectivity index (χ0n) is 83.2. The van der Waals surface area contributed by atoms with Crippen LogP contribution in [0.5, 0.6) is 11.5 Å². The summed E-state index contributed by atoms with van der Waals surface area (Å²) in [5, 5.41) is 47.7. The molecule has 732 valence electrons. The van der Waals surface area contributed by atoms with Crippen LogP contribution in [0.2, 0.25) is 0 Å². The van der Waals surface area contributed by atoms with Gasteiger partial charge in [0, 0.05) is 79.5 Å². The minimum Gasteiger partial charge on any atom is -0.497 e. The molecule has 30 heteroatoms. The van der Waals surface area contributed by atoms with Crippen molar-refractivity contribution in [2.45, 2.75) is 158 Å². The van der Waals surface area contributed by atoms with Crippen LogP contribution in [0.4, 0.5) is 0 Å². The van der Waals surface area contributed by atoms with Crippen molar-refractivity contribution in [3.8, 4) is 11.5 Å². The number of aliphatic imine (C=N–C) groups is 9. The predicted molar refractivity (Wildman–Crippen MR) is 577 cm³/mol. The summed E-state index contributed by atoms with van der Waals surface area (Å²) >= 11 is 0. The van der Waals surface area contributed by atoms with Gasteiger partial charge in [-0.3, -0.25) is 150 Å². The first-order valence-corrected chi connectivity index (χ1v) is 46.0. The summed E-state index contributed by atoms with van der Waals surface area (Å²) in [4.78, 5) is 40.8. The number of methoxy groups -OCH3 is 1. The molecule has 0 saturated carbocycles. The van der Waals surface area contributed by atoms with Crippen molar-refractivity contribution >= 4 is 108 Å². The minimum atomic E-state index is 0.186. The monoisotopic (exact) mass is 1870 g/mol. The van der Waals surface area contributed by atoms with E-state index in [1.165, 1.54) is 91.2 Å². The van der Waals surface area contributed by atoms with Gasteiger partial charge in [-0.05, 0) is 166 Å². The second-order valence-corrected chi connectivity index (χ2v) is 33.4. The number of para-hydroxylation sites is 1. The molecule has 1 heterocycles. The van der Waals surface area contributed by atoms with Gasteiger partial charge in [0.1, 0.15) is 70.4 Å². The number of aryl methyl sites for hydroxylation is 3. The first kappa shape index (κ1) is 120. The number of rotatable bonds is 43. The highest BCUT2D eigenvalue weighted by atomic mass is 16.5. The van der Waals surface area contributed by atoms with Gasteiger partial charge in [-0.1, -0.05) is 277 Å². The molecule has 36 N–H and O–H groups in total. The molecule has 9 aromatic rings. The van der Waals surface area contributed by atoms with Gasteiger partial charge >= 0.3 is 0 Å². The Balaban J connectivity index is 0.000000773. The van der Waals surface area contributed by atoms with E-state index in [1.54, 1.807) is 69.2 Å². The quantitative estimate of drug-likeness (QED) is 0.0145. The van der Waals surface area contributed by atoms with E-state index in [1.807, 2.05) is 117 Å². The third kappa shape index (κ3) is 66.7. The highest BCUT2D eigenvalue weighted by Crippen LogP contribution is 2.23. The first-order chi connectivity index (χ1) is 65.4. The molecule has 0 spiro atoms. The maximum absolute atomic E-state index is 5.43. The van der Waals surface area contributed by atoms with Crippen LogP contribution in [0, 0.1) is 12.8 Å². The molecular weight excluding hydrogens is 1710 g/mol. The van der Waals surface area contributed by atoms with Crippen LogP contribution < -0.4 is 110 Å². The average molecular weight is 1870 g/mol. The summed E-state index contributed by atoms with van der Waals surface area (Å²) in [6, 6.07) is 69.1. The lowest BCUT2D eigenvalue weighted by atomic mass is 9.87. The molecule has 0 aliphatic carbocycles. The van der Waals surface area contributed by atoms with Crippen LogP contribution in [0.3, 0.4) is 0 Å². The number of ether oxygens (including phenoxy) is 2. The molecule has 0 atom stereocenters. The Labute approximate surface area is 813 Å². The van der Waals surface area contributed by atoms with E-state index in [9.17, 15) is 0 Å². The molecular formula is C107H161N28O2+9. The van der Waals surface area contributed by atoms with E-state index in [2.05, 4.69) is 221 Å². The summed E-state index contributed by atoms with van der Waals surface area (Å²) in [6.07, 6.45) is 33.3. The Morgan fingerprint density at radius 2 is 0.686 bits per heavy atom. The highest BCUT2D eigenvalue weighted by molar-refractivity contribution is 5.90. The minimum absolute atomic E-state index is 0.186. The Kier molecular flexibility index (Phi) is 64.9. The third-order valence-corrected chi connectivity index (χ3v) is 18.4. The highest BCUT2D eigenvalue weighted by Gasteiger charge is 2.13. The Bertz CT molecular complexity index is 5240. The average Bonchev–Trinajstić information content (AvgIpc) is 0.855. The largest absolute Gasteiger partial charge is 0.497 e. The number of hydrogen-bond donors (Lipinski definition) is 18. The standard InChI is InChI=1S/C17H27N3.3C13H19N3.C12H17N3.C11H15N3O.C10H13N3O.C10H13N3.C8H10N4/c1-2-3-4-5-6-7-8-15-9-11-16(12-10-15)13-20-14-17(18)19;1-13(2,3)11-6-4-10(5-7-11)8-16-9-12(14)15;1-10(2)7-11-3-5-12(6-4-11)8-16-9-13(14)15;1-2-3-4-11-5-7-12(8-6-11)9-16-10-13(14)15;1-9(2)11-5-3-10(4-6-11)7-15-8-12(13)14;1-2-15-10-6-4-3-5-9(10)7-14-8-11(12)13;1-14-9-4-2-3-8(5-9)6-13-7-10(11)12;1-8-4-2-3-5-9(8)6-13-7-10(11)12;9-8(10)6-12-5-7-2-1-3-11-4-7/h9-13H,2-8,14H2,1H3,(H3,18,19);4-8H,9H2,1-3H3,(H3,14,15);3-6,8,10H,7,9H2,1-2H3,(H3,14,15);5-9H,2-4,10H2,1H3,(H3,14,15);3-7,9H,8H2,1-2H3,(H3,13,14);3-7H,2,8H2,1H3,(H3,12,13);2-6H,7H2,1H3,(H3,11,12);2-6H,7H2,1H3,(H3,11,12);1-5H,6H2,(H3,9,10)/p+9. The number of amidine groups is 9. The van der Waals surface area contributed by atoms with Gasteiger partial charge in [0.15, 0.2) is 0 Å². The van der Waals surface area contributed by atoms with E-state index >= 15 is 0 Å². The van der Waals surface area contributed by atoms with Gasteiger partial charge in [-0.15, -0.1) is 0 Å². The van der Waals surface area contributed by atoms with Crippen LogP contribution in [-0.2, 0) is 24.7 Å². The molecule has 0 unspecified atom stereocenters. The van der Waals surface area contributed by atoms with Crippen molar-refractivity contribution in [1.29, 1.82) is 0 Å². The van der Waals surface area contributed by atoms with Crippen molar-refractivity contribution in [3.05, 3.63) is 302 Å². The van der Waals surface area contributed by atoms with Crippen LogP contribution >= 0.6 is 0 Å². The maximum atomic E-state index is 5.43. The van der Waals surface area contributed by atoms with Gasteiger partial charge in [0.05, 0.1) is 13.7 Å². The molecule has 137 heavy (non-hydrogen) atoms. The number of nitrogens with two attached hydrogens (primary N) is 18. The maximum Gasteiger partial charge on any atom is 0.260 e. The molecule has 0 bridgehead atoms. The molecule has 9 rings (SSSR count). The van der Waals surface area contributed by atoms with Crippen molar-refractivity contribution in [2.24, 2.45) is 102 Å². The number of pyridine rings is 1. The van der Waals surface area contributed by atoms with Gasteiger partial charge in [-0.25, -0.2) is 0 Å². The fourth-order valence-corrected chi connectivity index (χ4v) is 11.4. The van der Waals surface area contributed by atoms with Crippen LogP contribution in [-0.4, -0.2) is 186 Å².